The molecule has 2 aromatic rings. The van der Waals surface area contributed by atoms with E-state index in [0.717, 1.165) is 42.4 Å². The molecule has 0 radical (unpaired) electrons. The fraction of sp³-hybridized carbons (Fsp3) is 0.533. The Morgan fingerprint density at radius 3 is 2.86 bits per heavy atom. The smallest absolute Gasteiger partial charge is 0.0803 e. The molecule has 2 rings (SSSR count). The van der Waals surface area contributed by atoms with E-state index in [2.05, 4.69) is 55.7 Å². The summed E-state index contributed by atoms with van der Waals surface area (Å²) in [4.78, 5) is 5.52. The predicted octanol–water partition coefficient (Wildman–Crippen LogP) is 3.93. The predicted molar refractivity (Wildman–Crippen MR) is 90.6 cm³/mol. The number of hydrogen-bond donors (Lipinski definition) is 1. The highest BCUT2D eigenvalue weighted by molar-refractivity contribution is 9.10. The molecule has 0 aliphatic heterocycles. The van der Waals surface area contributed by atoms with Gasteiger partial charge in [-0.25, -0.2) is 0 Å². The van der Waals surface area contributed by atoms with Crippen LogP contribution in [0.2, 0.25) is 0 Å². The second-order valence-electron chi connectivity index (χ2n) is 5.06. The van der Waals surface area contributed by atoms with Crippen molar-refractivity contribution in [2.45, 2.75) is 45.6 Å². The lowest BCUT2D eigenvalue weighted by Gasteiger charge is -2.18. The first kappa shape index (κ1) is 16.5. The third-order valence-corrected chi connectivity index (χ3v) is 4.54. The van der Waals surface area contributed by atoms with Gasteiger partial charge in [0.05, 0.1) is 10.6 Å². The highest BCUT2D eigenvalue weighted by Gasteiger charge is 2.19. The zero-order chi connectivity index (χ0) is 15.1. The third kappa shape index (κ3) is 4.83. The molecule has 1 unspecified atom stereocenters. The summed E-state index contributed by atoms with van der Waals surface area (Å²) < 4.78 is 5.17. The lowest BCUT2D eigenvalue weighted by Crippen LogP contribution is -2.24. The van der Waals surface area contributed by atoms with Gasteiger partial charge < -0.3 is 5.32 Å². The van der Waals surface area contributed by atoms with E-state index < -0.39 is 0 Å². The van der Waals surface area contributed by atoms with Crippen molar-refractivity contribution < 1.29 is 0 Å². The van der Waals surface area contributed by atoms with E-state index in [1.165, 1.54) is 22.0 Å². The molecule has 1 atom stereocenters. The van der Waals surface area contributed by atoms with Gasteiger partial charge in [-0.05, 0) is 64.9 Å². The van der Waals surface area contributed by atoms with Crippen molar-refractivity contribution >= 4 is 27.5 Å². The molecule has 0 bridgehead atoms. The zero-order valence-electron chi connectivity index (χ0n) is 12.5. The number of nitrogens with zero attached hydrogens (tertiary/aromatic N) is 3. The van der Waals surface area contributed by atoms with Gasteiger partial charge in [0.15, 0.2) is 0 Å². The first-order valence-electron chi connectivity index (χ1n) is 7.38. The van der Waals surface area contributed by atoms with Crippen LogP contribution in [-0.2, 0) is 12.8 Å². The van der Waals surface area contributed by atoms with E-state index in [1.54, 1.807) is 0 Å². The lowest BCUT2D eigenvalue weighted by molar-refractivity contribution is 0.530. The molecule has 0 saturated carbocycles. The van der Waals surface area contributed by atoms with Gasteiger partial charge in [0.2, 0.25) is 0 Å². The van der Waals surface area contributed by atoms with Gasteiger partial charge in [0.1, 0.15) is 0 Å². The highest BCUT2D eigenvalue weighted by atomic mass is 79.9. The first-order chi connectivity index (χ1) is 10.2. The Morgan fingerprint density at radius 1 is 1.29 bits per heavy atom. The Bertz CT molecular complexity index is 558. The number of rotatable bonds is 8. The topological polar surface area (TPSA) is 50.7 Å². The van der Waals surface area contributed by atoms with Crippen LogP contribution in [0.3, 0.4) is 0 Å². The second kappa shape index (κ2) is 8.56. The molecule has 4 nitrogen and oxygen atoms in total. The van der Waals surface area contributed by atoms with Crippen molar-refractivity contribution in [2.75, 3.05) is 6.54 Å². The summed E-state index contributed by atoms with van der Waals surface area (Å²) in [5, 5.41) is 7.92. The van der Waals surface area contributed by atoms with E-state index in [9.17, 15) is 0 Å². The van der Waals surface area contributed by atoms with E-state index >= 15 is 0 Å². The number of nitrogens with one attached hydrogen (secondary N) is 1. The van der Waals surface area contributed by atoms with Gasteiger partial charge in [0, 0.05) is 22.9 Å². The molecule has 6 heteroatoms. The second-order valence-corrected chi connectivity index (χ2v) is 6.76. The monoisotopic (exact) mass is 368 g/mol. The molecule has 0 aliphatic carbocycles. The molecule has 0 aromatic carbocycles. The van der Waals surface area contributed by atoms with E-state index in [4.69, 9.17) is 0 Å². The maximum atomic E-state index is 4.30. The van der Waals surface area contributed by atoms with Gasteiger partial charge in [-0.3, -0.25) is 4.98 Å². The Labute approximate surface area is 138 Å². The number of halogens is 1. The summed E-state index contributed by atoms with van der Waals surface area (Å²) >= 11 is 5.00. The number of aromatic nitrogens is 3. The number of pyridine rings is 1. The van der Waals surface area contributed by atoms with Crippen molar-refractivity contribution in [3.8, 4) is 0 Å². The van der Waals surface area contributed by atoms with Crippen LogP contribution in [-0.4, -0.2) is 21.1 Å². The van der Waals surface area contributed by atoms with Crippen molar-refractivity contribution in [2.24, 2.45) is 0 Å². The molecule has 1 N–H and O–H groups in total. The van der Waals surface area contributed by atoms with Crippen LogP contribution in [0.25, 0.3) is 0 Å². The molecule has 0 fully saturated rings. The SMILES string of the molecule is CCCNC(Cc1cncc(Br)c1)c1snnc1CCC. The lowest BCUT2D eigenvalue weighted by atomic mass is 10.0. The van der Waals surface area contributed by atoms with Gasteiger partial charge in [-0.1, -0.05) is 24.8 Å². The summed E-state index contributed by atoms with van der Waals surface area (Å²) in [5.74, 6) is 0. The van der Waals surface area contributed by atoms with Crippen molar-refractivity contribution in [3.63, 3.8) is 0 Å². The molecular weight excluding hydrogens is 348 g/mol. The van der Waals surface area contributed by atoms with Crippen molar-refractivity contribution in [1.82, 2.24) is 19.9 Å². The fourth-order valence-electron chi connectivity index (χ4n) is 2.27. The molecule has 0 amide bonds. The molecule has 2 heterocycles. The van der Waals surface area contributed by atoms with Gasteiger partial charge >= 0.3 is 0 Å². The Kier molecular flexibility index (Phi) is 6.73. The van der Waals surface area contributed by atoms with E-state index in [0.29, 0.717) is 0 Å². The number of hydrogen-bond acceptors (Lipinski definition) is 5. The van der Waals surface area contributed by atoms with Crippen LogP contribution in [0, 0.1) is 0 Å². The van der Waals surface area contributed by atoms with Crippen LogP contribution in [0.4, 0.5) is 0 Å². The maximum absolute atomic E-state index is 4.30. The Hall–Kier alpha value is -0.850. The third-order valence-electron chi connectivity index (χ3n) is 3.23. The van der Waals surface area contributed by atoms with E-state index in [-0.39, 0.29) is 6.04 Å². The Morgan fingerprint density at radius 2 is 2.14 bits per heavy atom. The minimum absolute atomic E-state index is 0.266. The number of aryl methyl sites for hydroxylation is 1. The van der Waals surface area contributed by atoms with Crippen LogP contribution < -0.4 is 5.32 Å². The summed E-state index contributed by atoms with van der Waals surface area (Å²) in [6, 6.07) is 2.39. The Balaban J connectivity index is 2.19. The molecule has 0 spiro atoms. The highest BCUT2D eigenvalue weighted by Crippen LogP contribution is 2.25. The minimum Gasteiger partial charge on any atom is -0.309 e. The molecule has 2 aromatic heterocycles. The summed E-state index contributed by atoms with van der Waals surface area (Å²) in [5.41, 5.74) is 2.35. The first-order valence-corrected chi connectivity index (χ1v) is 8.95. The van der Waals surface area contributed by atoms with Crippen molar-refractivity contribution in [1.29, 1.82) is 0 Å². The minimum atomic E-state index is 0.266. The molecule has 0 saturated heterocycles. The van der Waals surface area contributed by atoms with Gasteiger partial charge in [0.25, 0.3) is 0 Å². The van der Waals surface area contributed by atoms with Gasteiger partial charge in [-0.2, -0.15) is 0 Å². The molecular formula is C15H21BrN4S. The normalized spacial score (nSPS) is 12.5. The van der Waals surface area contributed by atoms with Crippen molar-refractivity contribution in [3.05, 3.63) is 39.1 Å². The van der Waals surface area contributed by atoms with Crippen LogP contribution >= 0.6 is 27.5 Å². The fourth-order valence-corrected chi connectivity index (χ4v) is 3.45. The molecule has 114 valence electrons. The quantitative estimate of drug-likeness (QED) is 0.766. The largest absolute Gasteiger partial charge is 0.309 e. The summed E-state index contributed by atoms with van der Waals surface area (Å²) in [6.45, 7) is 5.36. The standard InChI is InChI=1S/C15H21BrN4S/c1-3-5-13-15(21-20-19-13)14(18-6-4-2)8-11-7-12(16)10-17-9-11/h7,9-10,14,18H,3-6,8H2,1-2H3. The van der Waals surface area contributed by atoms with Gasteiger partial charge in [-0.15, -0.1) is 5.10 Å². The zero-order valence-corrected chi connectivity index (χ0v) is 14.9. The average molecular weight is 369 g/mol. The van der Waals surface area contributed by atoms with Crippen LogP contribution in [0.15, 0.2) is 22.9 Å². The molecule has 21 heavy (non-hydrogen) atoms. The molecule has 0 aliphatic rings. The van der Waals surface area contributed by atoms with Crippen LogP contribution in [0.5, 0.6) is 0 Å². The summed E-state index contributed by atoms with van der Waals surface area (Å²) in [6.07, 6.45) is 7.86. The van der Waals surface area contributed by atoms with Crippen LogP contribution in [0.1, 0.15) is 48.9 Å². The average Bonchev–Trinajstić information content (AvgIpc) is 2.92. The van der Waals surface area contributed by atoms with E-state index in [1.807, 2.05) is 12.4 Å². The maximum Gasteiger partial charge on any atom is 0.0803 e. The summed E-state index contributed by atoms with van der Waals surface area (Å²) in [7, 11) is 0.